The summed E-state index contributed by atoms with van der Waals surface area (Å²) in [4.78, 5) is 21.5. The van der Waals surface area contributed by atoms with Crippen molar-refractivity contribution >= 4 is 17.5 Å². The number of likely N-dealkylation sites (tertiary alicyclic amines) is 1. The van der Waals surface area contributed by atoms with Crippen LogP contribution in [0.5, 0.6) is 0 Å². The predicted molar refractivity (Wildman–Crippen MR) is 120 cm³/mol. The van der Waals surface area contributed by atoms with Gasteiger partial charge >= 0.3 is 5.97 Å². The molecule has 0 saturated carbocycles. The van der Waals surface area contributed by atoms with Crippen molar-refractivity contribution in [3.8, 4) is 0 Å². The van der Waals surface area contributed by atoms with E-state index in [9.17, 15) is 4.79 Å². The zero-order chi connectivity index (χ0) is 20.8. The van der Waals surface area contributed by atoms with Gasteiger partial charge in [-0.15, -0.1) is 0 Å². The van der Waals surface area contributed by atoms with Crippen LogP contribution < -0.4 is 10.2 Å². The van der Waals surface area contributed by atoms with Crippen molar-refractivity contribution in [2.75, 3.05) is 50.1 Å². The summed E-state index contributed by atoms with van der Waals surface area (Å²) >= 11 is 0. The van der Waals surface area contributed by atoms with E-state index in [0.29, 0.717) is 12.6 Å². The number of nitrogens with one attached hydrogen (secondary N) is 1. The number of carbonyl (C=O) groups excluding carboxylic acids is 1. The molecule has 1 N–H and O–H groups in total. The highest BCUT2D eigenvalue weighted by molar-refractivity contribution is 5.76. The van der Waals surface area contributed by atoms with Crippen LogP contribution in [0.25, 0.3) is 0 Å². The molecule has 3 heterocycles. The molecule has 0 bridgehead atoms. The van der Waals surface area contributed by atoms with Gasteiger partial charge in [-0.1, -0.05) is 24.3 Å². The van der Waals surface area contributed by atoms with Crippen molar-refractivity contribution in [1.82, 2.24) is 9.88 Å². The Morgan fingerprint density at radius 1 is 1.27 bits per heavy atom. The third-order valence-electron chi connectivity index (χ3n) is 6.16. The molecular weight excluding hydrogens is 376 g/mol. The quantitative estimate of drug-likeness (QED) is 0.678. The molecule has 2 aromatic rings. The number of hydrogen-bond acceptors (Lipinski definition) is 6. The lowest BCUT2D eigenvalue weighted by molar-refractivity contribution is -0.139. The van der Waals surface area contributed by atoms with Gasteiger partial charge < -0.3 is 19.9 Å². The molecule has 160 valence electrons. The smallest absolute Gasteiger partial charge is 0.325 e. The maximum atomic E-state index is 12.0. The second kappa shape index (κ2) is 9.94. The molecule has 1 fully saturated rings. The Hall–Kier alpha value is -2.60. The number of carbonyl (C=O) groups is 1. The van der Waals surface area contributed by atoms with Gasteiger partial charge in [-0.05, 0) is 62.4 Å². The normalized spacial score (nSPS) is 18.5. The van der Waals surface area contributed by atoms with Crippen LogP contribution in [0.4, 0.5) is 11.5 Å². The minimum atomic E-state index is -0.190. The Kier molecular flexibility index (Phi) is 6.84. The van der Waals surface area contributed by atoms with Crippen LogP contribution in [0.1, 0.15) is 30.5 Å². The van der Waals surface area contributed by atoms with E-state index in [2.05, 4.69) is 39.4 Å². The summed E-state index contributed by atoms with van der Waals surface area (Å²) < 4.78 is 4.94. The zero-order valence-corrected chi connectivity index (χ0v) is 17.8. The molecular formula is C24H32N4O2. The molecule has 2 aliphatic heterocycles. The van der Waals surface area contributed by atoms with E-state index in [0.717, 1.165) is 63.4 Å². The molecule has 0 aliphatic carbocycles. The van der Waals surface area contributed by atoms with Crippen LogP contribution in [-0.4, -0.2) is 61.7 Å². The molecule has 0 radical (unpaired) electrons. The minimum Gasteiger partial charge on any atom is -0.468 e. The number of esters is 1. The van der Waals surface area contributed by atoms with Crippen molar-refractivity contribution in [3.05, 3.63) is 53.7 Å². The standard InChI is InChI=1S/C24H32N4O2/c1-30-23(29)18-28(21-9-3-2-4-10-21)22-13-16-27(17-22)15-6-8-20-12-11-19-7-5-14-25-24(19)26-20/h2-4,9-12,22H,5-8,13-18H2,1H3,(H,25,26). The number of para-hydroxylation sites is 1. The Morgan fingerprint density at radius 3 is 2.97 bits per heavy atom. The molecule has 0 amide bonds. The van der Waals surface area contributed by atoms with Gasteiger partial charge in [0.2, 0.25) is 0 Å². The molecule has 4 rings (SSSR count). The topological polar surface area (TPSA) is 57.7 Å². The van der Waals surface area contributed by atoms with Crippen LogP contribution >= 0.6 is 0 Å². The Balaban J connectivity index is 1.30. The largest absolute Gasteiger partial charge is 0.468 e. The van der Waals surface area contributed by atoms with Gasteiger partial charge in [-0.2, -0.15) is 0 Å². The van der Waals surface area contributed by atoms with Crippen LogP contribution in [0.2, 0.25) is 0 Å². The summed E-state index contributed by atoms with van der Waals surface area (Å²) in [5, 5.41) is 3.42. The van der Waals surface area contributed by atoms with Gasteiger partial charge in [0.15, 0.2) is 0 Å². The molecule has 6 heteroatoms. The van der Waals surface area contributed by atoms with E-state index in [1.807, 2.05) is 18.2 Å². The first-order valence-electron chi connectivity index (χ1n) is 11.1. The number of anilines is 2. The van der Waals surface area contributed by atoms with Gasteiger partial charge in [0.1, 0.15) is 12.4 Å². The number of pyridine rings is 1. The van der Waals surface area contributed by atoms with Crippen LogP contribution in [0, 0.1) is 0 Å². The summed E-state index contributed by atoms with van der Waals surface area (Å²) in [5.41, 5.74) is 3.61. The molecule has 1 saturated heterocycles. The number of fused-ring (bicyclic) bond motifs is 1. The van der Waals surface area contributed by atoms with Gasteiger partial charge in [-0.25, -0.2) is 4.98 Å². The Labute approximate surface area is 179 Å². The number of nitrogens with zero attached hydrogens (tertiary/aromatic N) is 3. The molecule has 1 atom stereocenters. The number of ether oxygens (including phenoxy) is 1. The third kappa shape index (κ3) is 5.11. The fraction of sp³-hybridized carbons (Fsp3) is 0.500. The van der Waals surface area contributed by atoms with E-state index in [4.69, 9.17) is 9.72 Å². The first-order valence-corrected chi connectivity index (χ1v) is 11.1. The summed E-state index contributed by atoms with van der Waals surface area (Å²) in [5.74, 6) is 0.894. The lowest BCUT2D eigenvalue weighted by Gasteiger charge is -2.30. The number of benzene rings is 1. The number of rotatable bonds is 8. The Morgan fingerprint density at radius 2 is 2.13 bits per heavy atom. The third-order valence-corrected chi connectivity index (χ3v) is 6.16. The molecule has 1 aromatic heterocycles. The highest BCUT2D eigenvalue weighted by Crippen LogP contribution is 2.24. The van der Waals surface area contributed by atoms with Crippen molar-refractivity contribution in [3.63, 3.8) is 0 Å². The van der Waals surface area contributed by atoms with Crippen molar-refractivity contribution in [2.24, 2.45) is 0 Å². The second-order valence-electron chi connectivity index (χ2n) is 8.23. The maximum Gasteiger partial charge on any atom is 0.325 e. The lowest BCUT2D eigenvalue weighted by atomic mass is 10.1. The fourth-order valence-electron chi connectivity index (χ4n) is 4.52. The SMILES string of the molecule is COC(=O)CN(c1ccccc1)C1CCN(CCCc2ccc3c(n2)NCCC3)C1. The first-order chi connectivity index (χ1) is 14.7. The van der Waals surface area contributed by atoms with E-state index in [1.54, 1.807) is 0 Å². The number of methoxy groups -OCH3 is 1. The summed E-state index contributed by atoms with van der Waals surface area (Å²) in [7, 11) is 1.46. The van der Waals surface area contributed by atoms with Crippen LogP contribution in [0.3, 0.4) is 0 Å². The monoisotopic (exact) mass is 408 g/mol. The van der Waals surface area contributed by atoms with Crippen molar-refractivity contribution in [2.45, 2.75) is 38.1 Å². The Bertz CT molecular complexity index is 842. The predicted octanol–water partition coefficient (Wildman–Crippen LogP) is 3.13. The van der Waals surface area contributed by atoms with E-state index in [1.165, 1.54) is 24.8 Å². The van der Waals surface area contributed by atoms with Gasteiger partial charge in [-0.3, -0.25) is 4.79 Å². The average Bonchev–Trinajstić information content (AvgIpc) is 3.26. The average molecular weight is 409 g/mol. The van der Waals surface area contributed by atoms with E-state index in [-0.39, 0.29) is 5.97 Å². The summed E-state index contributed by atoms with van der Waals surface area (Å²) in [6, 6.07) is 14.9. The molecule has 1 aromatic carbocycles. The number of hydrogen-bond donors (Lipinski definition) is 1. The van der Waals surface area contributed by atoms with Crippen molar-refractivity contribution < 1.29 is 9.53 Å². The maximum absolute atomic E-state index is 12.0. The number of aromatic nitrogens is 1. The second-order valence-corrected chi connectivity index (χ2v) is 8.23. The fourth-order valence-corrected chi connectivity index (χ4v) is 4.52. The molecule has 2 aliphatic rings. The van der Waals surface area contributed by atoms with Crippen LogP contribution in [0.15, 0.2) is 42.5 Å². The molecule has 0 spiro atoms. The highest BCUT2D eigenvalue weighted by atomic mass is 16.5. The van der Waals surface area contributed by atoms with Crippen molar-refractivity contribution in [1.29, 1.82) is 0 Å². The molecule has 6 nitrogen and oxygen atoms in total. The van der Waals surface area contributed by atoms with Gasteiger partial charge in [0.25, 0.3) is 0 Å². The number of aryl methyl sites for hydroxylation is 2. The van der Waals surface area contributed by atoms with E-state index >= 15 is 0 Å². The minimum absolute atomic E-state index is 0.190. The lowest BCUT2D eigenvalue weighted by Crippen LogP contribution is -2.41. The summed E-state index contributed by atoms with van der Waals surface area (Å²) in [6.07, 6.45) is 5.49. The summed E-state index contributed by atoms with van der Waals surface area (Å²) in [6.45, 7) is 4.43. The molecule has 1 unspecified atom stereocenters. The van der Waals surface area contributed by atoms with Crippen LogP contribution in [-0.2, 0) is 22.4 Å². The molecule has 30 heavy (non-hydrogen) atoms. The van der Waals surface area contributed by atoms with E-state index < -0.39 is 0 Å². The van der Waals surface area contributed by atoms with Gasteiger partial charge in [0, 0.05) is 37.1 Å². The van der Waals surface area contributed by atoms with Gasteiger partial charge in [0.05, 0.1) is 7.11 Å². The first kappa shape index (κ1) is 20.7. The zero-order valence-electron chi connectivity index (χ0n) is 17.8. The highest BCUT2D eigenvalue weighted by Gasteiger charge is 2.29.